The summed E-state index contributed by atoms with van der Waals surface area (Å²) in [6.45, 7) is 3.26. The molecule has 0 bridgehead atoms. The summed E-state index contributed by atoms with van der Waals surface area (Å²) in [7, 11) is 0. The first-order chi connectivity index (χ1) is 6.56. The summed E-state index contributed by atoms with van der Waals surface area (Å²) in [5.74, 6) is -11.0. The first-order valence-corrected chi connectivity index (χ1v) is 4.18. The lowest BCUT2D eigenvalue weighted by molar-refractivity contribution is -0.355. The van der Waals surface area contributed by atoms with Crippen LogP contribution in [-0.2, 0) is 0 Å². The molecule has 15 heavy (non-hydrogen) atoms. The fraction of sp³-hybridized carbons (Fsp3) is 0.875. The number of alkyl halides is 7. The van der Waals surface area contributed by atoms with E-state index in [1.165, 1.54) is 0 Å². The zero-order valence-corrected chi connectivity index (χ0v) is 7.68. The molecule has 0 atom stereocenters. The summed E-state index contributed by atoms with van der Waals surface area (Å²) in [6.07, 6.45) is -7.82. The van der Waals surface area contributed by atoms with E-state index >= 15 is 0 Å². The van der Waals surface area contributed by atoms with Gasteiger partial charge in [-0.15, -0.1) is 0 Å². The number of unbranched alkanes of at least 4 members (excludes halogenated alkanes) is 2. The third kappa shape index (κ3) is 3.24. The van der Waals surface area contributed by atoms with E-state index in [2.05, 4.69) is 6.92 Å². The van der Waals surface area contributed by atoms with Crippen LogP contribution in [0.25, 0.3) is 0 Å². The molecule has 0 amide bonds. The van der Waals surface area contributed by atoms with Gasteiger partial charge in [-0.3, -0.25) is 0 Å². The Bertz CT molecular complexity index is 194. The van der Waals surface area contributed by atoms with Gasteiger partial charge in [0.15, 0.2) is 0 Å². The lowest BCUT2D eigenvalue weighted by atomic mass is 10.0. The molecule has 0 aliphatic heterocycles. The Morgan fingerprint density at radius 3 is 1.60 bits per heavy atom. The SMILES string of the molecule is [CH2]CCCCC(F)(F)C(F)(F)C(F)(F)F. The minimum Gasteiger partial charge on any atom is -0.200 e. The monoisotopic (exact) mass is 239 g/mol. The van der Waals surface area contributed by atoms with Gasteiger partial charge in [0, 0.05) is 6.42 Å². The van der Waals surface area contributed by atoms with Crippen molar-refractivity contribution in [3.05, 3.63) is 6.92 Å². The Kier molecular flexibility index (Phi) is 4.42. The predicted molar refractivity (Wildman–Crippen MR) is 39.8 cm³/mol. The van der Waals surface area contributed by atoms with Crippen molar-refractivity contribution >= 4 is 0 Å². The summed E-state index contributed by atoms with van der Waals surface area (Å²) in [5.41, 5.74) is 0. The summed E-state index contributed by atoms with van der Waals surface area (Å²) in [4.78, 5) is 0. The average Bonchev–Trinajstić information content (AvgIpc) is 2.02. The van der Waals surface area contributed by atoms with Gasteiger partial charge in [0.2, 0.25) is 0 Å². The van der Waals surface area contributed by atoms with Crippen LogP contribution in [0.15, 0.2) is 0 Å². The van der Waals surface area contributed by atoms with Crippen LogP contribution in [0.4, 0.5) is 30.7 Å². The van der Waals surface area contributed by atoms with Crippen molar-refractivity contribution in [2.45, 2.75) is 43.7 Å². The van der Waals surface area contributed by atoms with Gasteiger partial charge >= 0.3 is 18.0 Å². The minimum atomic E-state index is -6.22. The van der Waals surface area contributed by atoms with Crippen molar-refractivity contribution in [2.24, 2.45) is 0 Å². The molecule has 0 aliphatic carbocycles. The molecule has 0 heterocycles. The molecular weight excluding hydrogens is 229 g/mol. The van der Waals surface area contributed by atoms with Gasteiger partial charge in [-0.2, -0.15) is 30.7 Å². The minimum absolute atomic E-state index is 0.0868. The van der Waals surface area contributed by atoms with Crippen molar-refractivity contribution in [1.82, 2.24) is 0 Å². The van der Waals surface area contributed by atoms with E-state index in [0.29, 0.717) is 0 Å². The van der Waals surface area contributed by atoms with Crippen LogP contribution in [0.1, 0.15) is 25.7 Å². The summed E-state index contributed by atoms with van der Waals surface area (Å²) in [6, 6.07) is 0. The summed E-state index contributed by atoms with van der Waals surface area (Å²) in [5, 5.41) is 0. The van der Waals surface area contributed by atoms with Crippen molar-refractivity contribution in [1.29, 1.82) is 0 Å². The van der Waals surface area contributed by atoms with Crippen LogP contribution in [0, 0.1) is 6.92 Å². The van der Waals surface area contributed by atoms with E-state index < -0.39 is 30.9 Å². The predicted octanol–water partition coefficient (Wildman–Crippen LogP) is 4.21. The van der Waals surface area contributed by atoms with Crippen LogP contribution in [-0.4, -0.2) is 18.0 Å². The number of hydrogen-bond acceptors (Lipinski definition) is 0. The molecule has 91 valence electrons. The highest BCUT2D eigenvalue weighted by Gasteiger charge is 2.72. The molecule has 0 aromatic carbocycles. The highest BCUT2D eigenvalue weighted by Crippen LogP contribution is 2.48. The molecule has 0 saturated heterocycles. The molecular formula is C8H10F7. The lowest BCUT2D eigenvalue weighted by Gasteiger charge is -2.28. The fourth-order valence-electron chi connectivity index (χ4n) is 0.888. The van der Waals surface area contributed by atoms with Crippen LogP contribution < -0.4 is 0 Å². The first-order valence-electron chi connectivity index (χ1n) is 4.18. The van der Waals surface area contributed by atoms with Gasteiger partial charge in [-0.1, -0.05) is 19.8 Å². The molecule has 0 unspecified atom stereocenters. The second-order valence-corrected chi connectivity index (χ2v) is 3.09. The third-order valence-electron chi connectivity index (χ3n) is 1.81. The second kappa shape index (κ2) is 4.57. The number of rotatable bonds is 5. The smallest absolute Gasteiger partial charge is 0.200 e. The zero-order valence-electron chi connectivity index (χ0n) is 7.68. The lowest BCUT2D eigenvalue weighted by Crippen LogP contribution is -2.51. The molecule has 1 radical (unpaired) electrons. The molecule has 0 saturated carbocycles. The second-order valence-electron chi connectivity index (χ2n) is 3.09. The molecule has 7 heteroatoms. The quantitative estimate of drug-likeness (QED) is 0.498. The van der Waals surface area contributed by atoms with Crippen LogP contribution in [0.2, 0.25) is 0 Å². The fourth-order valence-corrected chi connectivity index (χ4v) is 0.888. The molecule has 0 aliphatic rings. The van der Waals surface area contributed by atoms with E-state index in [9.17, 15) is 30.7 Å². The standard InChI is InChI=1S/C8H10F7/c1-2-3-4-5-6(9,10)7(11,12)8(13,14)15/h1-5H2. The molecule has 0 aromatic rings. The van der Waals surface area contributed by atoms with E-state index in [1.54, 1.807) is 0 Å². The molecule has 0 spiro atoms. The van der Waals surface area contributed by atoms with Gasteiger partial charge in [-0.25, -0.2) is 0 Å². The van der Waals surface area contributed by atoms with Gasteiger partial charge in [0.05, 0.1) is 0 Å². The van der Waals surface area contributed by atoms with Gasteiger partial charge in [-0.05, 0) is 6.42 Å². The van der Waals surface area contributed by atoms with Crippen molar-refractivity contribution in [3.63, 3.8) is 0 Å². The van der Waals surface area contributed by atoms with E-state index in [4.69, 9.17) is 0 Å². The highest BCUT2D eigenvalue weighted by molar-refractivity contribution is 4.90. The van der Waals surface area contributed by atoms with E-state index in [-0.39, 0.29) is 12.8 Å². The summed E-state index contributed by atoms with van der Waals surface area (Å²) < 4.78 is 84.3. The van der Waals surface area contributed by atoms with Gasteiger partial charge in [0.25, 0.3) is 0 Å². The Labute approximate surface area is 82.5 Å². The number of halogens is 7. The van der Waals surface area contributed by atoms with E-state index in [1.807, 2.05) is 0 Å². The van der Waals surface area contributed by atoms with Crippen LogP contribution >= 0.6 is 0 Å². The average molecular weight is 239 g/mol. The van der Waals surface area contributed by atoms with Crippen molar-refractivity contribution in [3.8, 4) is 0 Å². The Morgan fingerprint density at radius 2 is 1.27 bits per heavy atom. The zero-order chi connectivity index (χ0) is 12.3. The third-order valence-corrected chi connectivity index (χ3v) is 1.81. The Hall–Kier alpha value is -0.490. The van der Waals surface area contributed by atoms with E-state index in [0.717, 1.165) is 0 Å². The summed E-state index contributed by atoms with van der Waals surface area (Å²) >= 11 is 0. The van der Waals surface area contributed by atoms with Gasteiger partial charge < -0.3 is 0 Å². The molecule has 0 fully saturated rings. The first kappa shape index (κ1) is 14.5. The molecule has 0 nitrogen and oxygen atoms in total. The van der Waals surface area contributed by atoms with Crippen molar-refractivity contribution in [2.75, 3.05) is 0 Å². The highest BCUT2D eigenvalue weighted by atomic mass is 19.4. The van der Waals surface area contributed by atoms with Crippen molar-refractivity contribution < 1.29 is 30.7 Å². The topological polar surface area (TPSA) is 0 Å². The largest absolute Gasteiger partial charge is 0.459 e. The molecule has 0 rings (SSSR count). The van der Waals surface area contributed by atoms with Crippen LogP contribution in [0.3, 0.4) is 0 Å². The number of hydrogen-bond donors (Lipinski definition) is 0. The normalized spacial score (nSPS) is 14.4. The maximum absolute atomic E-state index is 12.5. The van der Waals surface area contributed by atoms with Gasteiger partial charge in [0.1, 0.15) is 0 Å². The Morgan fingerprint density at radius 1 is 0.800 bits per heavy atom. The maximum atomic E-state index is 12.5. The molecule has 0 aromatic heterocycles. The molecule has 0 N–H and O–H groups in total. The Balaban J connectivity index is 4.56. The van der Waals surface area contributed by atoms with Crippen LogP contribution in [0.5, 0.6) is 0 Å². The maximum Gasteiger partial charge on any atom is 0.459 e.